The van der Waals surface area contributed by atoms with Crippen LogP contribution in [0.25, 0.3) is 0 Å². The highest BCUT2D eigenvalue weighted by molar-refractivity contribution is 5.77. The summed E-state index contributed by atoms with van der Waals surface area (Å²) in [7, 11) is 0. The van der Waals surface area contributed by atoms with Crippen molar-refractivity contribution < 1.29 is 24.5 Å². The smallest absolute Gasteiger partial charge is 0.306 e. The van der Waals surface area contributed by atoms with Crippen LogP contribution in [-0.4, -0.2) is 46.9 Å². The summed E-state index contributed by atoms with van der Waals surface area (Å²) in [6.07, 6.45) is 59.2. The first-order valence-corrected chi connectivity index (χ1v) is 27.2. The quantitative estimate of drug-likeness (QED) is 0.0321. The van der Waals surface area contributed by atoms with E-state index in [0.29, 0.717) is 19.3 Å². The summed E-state index contributed by atoms with van der Waals surface area (Å²) in [5.74, 6) is -0.481. The standard InChI is InChI=1S/C56H105NO5/c1-4-7-10-13-16-19-21-23-25-26-27-28-30-32-34-37-40-43-46-49-56(61)62-52(47-44-41-38-36-33-31-29-24-22-20-17-14-11-8-5-2)50-55(60)57-53(51-58)54(59)48-45-42-39-35-18-15-12-9-6-3/h17,20,23-25,29,52-54,58-59H,4-16,18-19,21-22,26-28,30-51H2,1-3H3,(H,57,60)/b20-17-,25-23+,29-24-. The second kappa shape index (κ2) is 50.1. The Morgan fingerprint density at radius 3 is 1.27 bits per heavy atom. The molecule has 3 N–H and O–H groups in total. The van der Waals surface area contributed by atoms with Gasteiger partial charge in [-0.25, -0.2) is 0 Å². The predicted molar refractivity (Wildman–Crippen MR) is 269 cm³/mol. The number of hydrogen-bond acceptors (Lipinski definition) is 5. The lowest BCUT2D eigenvalue weighted by atomic mass is 10.0. The van der Waals surface area contributed by atoms with Crippen molar-refractivity contribution in [3.05, 3.63) is 36.5 Å². The number of rotatable bonds is 49. The van der Waals surface area contributed by atoms with Gasteiger partial charge in [-0.1, -0.05) is 224 Å². The molecule has 62 heavy (non-hydrogen) atoms. The fourth-order valence-electron chi connectivity index (χ4n) is 8.28. The Balaban J connectivity index is 4.52. The van der Waals surface area contributed by atoms with Gasteiger partial charge in [0, 0.05) is 6.42 Å². The number of amides is 1. The molecule has 0 saturated carbocycles. The van der Waals surface area contributed by atoms with Crippen LogP contribution in [0.2, 0.25) is 0 Å². The molecule has 0 aromatic heterocycles. The van der Waals surface area contributed by atoms with Crippen LogP contribution in [0.3, 0.4) is 0 Å². The van der Waals surface area contributed by atoms with Crippen molar-refractivity contribution >= 4 is 11.9 Å². The van der Waals surface area contributed by atoms with Crippen LogP contribution in [0.1, 0.15) is 284 Å². The van der Waals surface area contributed by atoms with Crippen molar-refractivity contribution in [1.82, 2.24) is 5.32 Å². The fourth-order valence-corrected chi connectivity index (χ4v) is 8.28. The lowest BCUT2D eigenvalue weighted by Gasteiger charge is -2.24. The van der Waals surface area contributed by atoms with Gasteiger partial charge in [-0.15, -0.1) is 0 Å². The van der Waals surface area contributed by atoms with Gasteiger partial charge in [-0.2, -0.15) is 0 Å². The van der Waals surface area contributed by atoms with Gasteiger partial charge in [0.25, 0.3) is 0 Å². The second-order valence-corrected chi connectivity index (χ2v) is 18.6. The van der Waals surface area contributed by atoms with E-state index in [1.54, 1.807) is 0 Å². The molecule has 0 spiro atoms. The first-order valence-electron chi connectivity index (χ1n) is 27.2. The summed E-state index contributed by atoms with van der Waals surface area (Å²) >= 11 is 0. The number of ether oxygens (including phenoxy) is 1. The average Bonchev–Trinajstić information content (AvgIpc) is 3.26. The van der Waals surface area contributed by atoms with Crippen molar-refractivity contribution in [3.8, 4) is 0 Å². The number of aliphatic hydroxyl groups excluding tert-OH is 2. The molecule has 0 aromatic rings. The Labute approximate surface area is 385 Å². The van der Waals surface area contributed by atoms with E-state index in [1.807, 2.05) is 0 Å². The summed E-state index contributed by atoms with van der Waals surface area (Å²) in [6.45, 7) is 6.45. The average molecular weight is 872 g/mol. The maximum atomic E-state index is 13.2. The lowest BCUT2D eigenvalue weighted by molar-refractivity contribution is -0.151. The highest BCUT2D eigenvalue weighted by Gasteiger charge is 2.24. The van der Waals surface area contributed by atoms with E-state index >= 15 is 0 Å². The SMILES string of the molecule is CCCCC/C=C\C/C=C\CCCCCCCC(CC(=O)NC(CO)C(O)CCCCCCCCCCC)OC(=O)CCCCCCCCCCC/C=C/CCCCCCCC. The molecule has 0 aliphatic carbocycles. The van der Waals surface area contributed by atoms with E-state index in [0.717, 1.165) is 70.6 Å². The van der Waals surface area contributed by atoms with Gasteiger partial charge in [0.2, 0.25) is 5.91 Å². The van der Waals surface area contributed by atoms with Crippen LogP contribution in [0.4, 0.5) is 0 Å². The second-order valence-electron chi connectivity index (χ2n) is 18.6. The van der Waals surface area contributed by atoms with Crippen molar-refractivity contribution in [1.29, 1.82) is 0 Å². The minimum absolute atomic E-state index is 0.0698. The Kier molecular flexibility index (Phi) is 48.5. The number of esters is 1. The Bertz CT molecular complexity index is 1020. The molecule has 0 aliphatic rings. The number of unbranched alkanes of at least 4 members (excludes halogenated alkanes) is 31. The van der Waals surface area contributed by atoms with Crippen LogP contribution in [0.5, 0.6) is 0 Å². The van der Waals surface area contributed by atoms with E-state index in [9.17, 15) is 19.8 Å². The summed E-state index contributed by atoms with van der Waals surface area (Å²) in [5, 5.41) is 23.7. The maximum Gasteiger partial charge on any atom is 0.306 e. The summed E-state index contributed by atoms with van der Waals surface area (Å²) in [6, 6.07) is -0.703. The molecule has 1 amide bonds. The largest absolute Gasteiger partial charge is 0.462 e. The van der Waals surface area contributed by atoms with E-state index in [2.05, 4.69) is 62.5 Å². The Morgan fingerprint density at radius 1 is 0.468 bits per heavy atom. The monoisotopic (exact) mass is 872 g/mol. The topological polar surface area (TPSA) is 95.9 Å². The summed E-state index contributed by atoms with van der Waals surface area (Å²) < 4.78 is 5.94. The minimum Gasteiger partial charge on any atom is -0.462 e. The summed E-state index contributed by atoms with van der Waals surface area (Å²) in [4.78, 5) is 26.2. The zero-order chi connectivity index (χ0) is 45.2. The van der Waals surface area contributed by atoms with Gasteiger partial charge in [0.15, 0.2) is 0 Å². The molecule has 0 aliphatic heterocycles. The maximum absolute atomic E-state index is 13.2. The molecule has 3 unspecified atom stereocenters. The van der Waals surface area contributed by atoms with Crippen molar-refractivity contribution in [2.75, 3.05) is 6.61 Å². The minimum atomic E-state index is -0.789. The van der Waals surface area contributed by atoms with Gasteiger partial charge in [0.05, 0.1) is 25.2 Å². The van der Waals surface area contributed by atoms with Crippen LogP contribution >= 0.6 is 0 Å². The number of hydrogen-bond donors (Lipinski definition) is 3. The number of allylic oxidation sites excluding steroid dienone is 6. The van der Waals surface area contributed by atoms with Gasteiger partial charge < -0.3 is 20.3 Å². The molecule has 0 heterocycles. The number of aliphatic hydroxyl groups is 2. The van der Waals surface area contributed by atoms with Crippen molar-refractivity contribution in [3.63, 3.8) is 0 Å². The van der Waals surface area contributed by atoms with Crippen LogP contribution in [0.15, 0.2) is 36.5 Å². The van der Waals surface area contributed by atoms with E-state index < -0.39 is 18.2 Å². The molecular formula is C56H105NO5. The van der Waals surface area contributed by atoms with Gasteiger partial charge in [-0.3, -0.25) is 9.59 Å². The third kappa shape index (κ3) is 44.7. The molecule has 3 atom stereocenters. The van der Waals surface area contributed by atoms with E-state index in [4.69, 9.17) is 4.74 Å². The van der Waals surface area contributed by atoms with E-state index in [-0.39, 0.29) is 24.9 Å². The van der Waals surface area contributed by atoms with Gasteiger partial charge in [-0.05, 0) is 83.5 Å². The van der Waals surface area contributed by atoms with Crippen LogP contribution < -0.4 is 5.32 Å². The fraction of sp³-hybridized carbons (Fsp3) is 0.857. The molecule has 0 fully saturated rings. The molecule has 0 rings (SSSR count). The molecule has 0 radical (unpaired) electrons. The Hall–Kier alpha value is -1.92. The Morgan fingerprint density at radius 2 is 0.823 bits per heavy atom. The van der Waals surface area contributed by atoms with Crippen LogP contribution in [0, 0.1) is 0 Å². The molecule has 0 aromatic carbocycles. The van der Waals surface area contributed by atoms with Gasteiger partial charge >= 0.3 is 5.97 Å². The molecule has 0 bridgehead atoms. The van der Waals surface area contributed by atoms with Gasteiger partial charge in [0.1, 0.15) is 6.10 Å². The first kappa shape index (κ1) is 60.1. The highest BCUT2D eigenvalue weighted by atomic mass is 16.5. The molecular weight excluding hydrogens is 767 g/mol. The zero-order valence-electron chi connectivity index (χ0n) is 41.5. The number of carbonyl (C=O) groups is 2. The van der Waals surface area contributed by atoms with Crippen molar-refractivity contribution in [2.24, 2.45) is 0 Å². The lowest BCUT2D eigenvalue weighted by Crippen LogP contribution is -2.46. The molecule has 0 saturated heterocycles. The zero-order valence-corrected chi connectivity index (χ0v) is 41.5. The number of carbonyl (C=O) groups excluding carboxylic acids is 2. The first-order chi connectivity index (χ1) is 30.5. The number of nitrogens with one attached hydrogen (secondary N) is 1. The van der Waals surface area contributed by atoms with Crippen LogP contribution in [-0.2, 0) is 14.3 Å². The normalized spacial score (nSPS) is 13.4. The molecule has 6 heteroatoms. The predicted octanol–water partition coefficient (Wildman–Crippen LogP) is 16.5. The van der Waals surface area contributed by atoms with Crippen molar-refractivity contribution in [2.45, 2.75) is 302 Å². The van der Waals surface area contributed by atoms with E-state index in [1.165, 1.54) is 167 Å². The molecule has 6 nitrogen and oxygen atoms in total. The third-order valence-corrected chi connectivity index (χ3v) is 12.4. The third-order valence-electron chi connectivity index (χ3n) is 12.4. The summed E-state index contributed by atoms with van der Waals surface area (Å²) in [5.41, 5.74) is 0. The molecule has 364 valence electrons. The highest BCUT2D eigenvalue weighted by Crippen LogP contribution is 2.18.